The first-order valence-corrected chi connectivity index (χ1v) is 6.61. The standard InChI is InChI=1S/C15H12ClF2NO/c16-9-3-8-4-11(7-19)20-15(8)13(5-9)12-6-10(17)1-2-14(12)18/h1-3,5-6,11H,4,7,19H2. The van der Waals surface area contributed by atoms with Gasteiger partial charge in [-0.3, -0.25) is 0 Å². The van der Waals surface area contributed by atoms with Gasteiger partial charge in [-0.15, -0.1) is 0 Å². The fourth-order valence-electron chi connectivity index (χ4n) is 2.43. The summed E-state index contributed by atoms with van der Waals surface area (Å²) in [6.07, 6.45) is 0.468. The summed E-state index contributed by atoms with van der Waals surface area (Å²) in [5.74, 6) is -0.492. The van der Waals surface area contributed by atoms with E-state index in [4.69, 9.17) is 22.1 Å². The van der Waals surface area contributed by atoms with Crippen LogP contribution < -0.4 is 10.5 Å². The zero-order valence-electron chi connectivity index (χ0n) is 10.5. The molecule has 2 aromatic rings. The topological polar surface area (TPSA) is 35.2 Å². The van der Waals surface area contributed by atoms with Crippen molar-refractivity contribution in [1.82, 2.24) is 0 Å². The highest BCUT2D eigenvalue weighted by atomic mass is 35.5. The van der Waals surface area contributed by atoms with Crippen molar-refractivity contribution in [3.05, 3.63) is 52.6 Å². The van der Waals surface area contributed by atoms with E-state index in [1.54, 1.807) is 12.1 Å². The average Bonchev–Trinajstić information content (AvgIpc) is 2.83. The van der Waals surface area contributed by atoms with E-state index in [0.29, 0.717) is 29.3 Å². The molecule has 0 spiro atoms. The highest BCUT2D eigenvalue weighted by molar-refractivity contribution is 6.31. The van der Waals surface area contributed by atoms with Crippen molar-refractivity contribution in [2.45, 2.75) is 12.5 Å². The quantitative estimate of drug-likeness (QED) is 0.919. The number of benzene rings is 2. The van der Waals surface area contributed by atoms with Crippen LogP contribution in [0.5, 0.6) is 5.75 Å². The number of hydrogen-bond donors (Lipinski definition) is 1. The lowest BCUT2D eigenvalue weighted by Crippen LogP contribution is -2.24. The Morgan fingerprint density at radius 1 is 1.20 bits per heavy atom. The zero-order valence-corrected chi connectivity index (χ0v) is 11.3. The van der Waals surface area contributed by atoms with Gasteiger partial charge >= 0.3 is 0 Å². The van der Waals surface area contributed by atoms with Crippen molar-refractivity contribution in [2.75, 3.05) is 6.54 Å². The Bertz CT molecular complexity index is 675. The number of rotatable bonds is 2. The maximum absolute atomic E-state index is 13.9. The number of nitrogens with two attached hydrogens (primary N) is 1. The second-order valence-corrected chi connectivity index (χ2v) is 5.18. The first-order valence-electron chi connectivity index (χ1n) is 6.23. The Hall–Kier alpha value is -1.65. The van der Waals surface area contributed by atoms with Crippen LogP contribution in [0.4, 0.5) is 8.78 Å². The Morgan fingerprint density at radius 2 is 2.00 bits per heavy atom. The van der Waals surface area contributed by atoms with Crippen LogP contribution in [0, 0.1) is 11.6 Å². The summed E-state index contributed by atoms with van der Waals surface area (Å²) in [6.45, 7) is 0.359. The van der Waals surface area contributed by atoms with Crippen molar-refractivity contribution in [2.24, 2.45) is 5.73 Å². The minimum Gasteiger partial charge on any atom is -0.488 e. The van der Waals surface area contributed by atoms with Gasteiger partial charge in [-0.25, -0.2) is 8.78 Å². The molecule has 0 saturated heterocycles. The second-order valence-electron chi connectivity index (χ2n) is 4.75. The summed E-state index contributed by atoms with van der Waals surface area (Å²) in [5, 5.41) is 0.462. The van der Waals surface area contributed by atoms with Gasteiger partial charge in [-0.05, 0) is 35.9 Å². The zero-order chi connectivity index (χ0) is 14.3. The molecule has 0 aromatic heterocycles. The number of ether oxygens (including phenoxy) is 1. The minimum atomic E-state index is -0.518. The van der Waals surface area contributed by atoms with Crippen LogP contribution in [-0.2, 0) is 6.42 Å². The molecule has 0 bridgehead atoms. The van der Waals surface area contributed by atoms with E-state index in [2.05, 4.69) is 0 Å². The Balaban J connectivity index is 2.18. The predicted octanol–water partition coefficient (Wildman–Crippen LogP) is 3.55. The Morgan fingerprint density at radius 3 is 2.75 bits per heavy atom. The first kappa shape index (κ1) is 13.3. The van der Waals surface area contributed by atoms with Crippen molar-refractivity contribution >= 4 is 11.6 Å². The van der Waals surface area contributed by atoms with E-state index in [1.165, 1.54) is 0 Å². The third-order valence-electron chi connectivity index (χ3n) is 3.34. The van der Waals surface area contributed by atoms with Gasteiger partial charge < -0.3 is 10.5 Å². The molecular weight excluding hydrogens is 284 g/mol. The average molecular weight is 296 g/mol. The fourth-order valence-corrected chi connectivity index (χ4v) is 2.67. The van der Waals surface area contributed by atoms with Gasteiger partial charge in [0.2, 0.25) is 0 Å². The summed E-state index contributed by atoms with van der Waals surface area (Å²) in [7, 11) is 0. The van der Waals surface area contributed by atoms with Crippen LogP contribution in [0.15, 0.2) is 30.3 Å². The number of hydrogen-bond acceptors (Lipinski definition) is 2. The van der Waals surface area contributed by atoms with E-state index in [1.807, 2.05) is 0 Å². The van der Waals surface area contributed by atoms with Crippen LogP contribution in [0.1, 0.15) is 5.56 Å². The monoisotopic (exact) mass is 295 g/mol. The van der Waals surface area contributed by atoms with Crippen LogP contribution in [-0.4, -0.2) is 12.6 Å². The van der Waals surface area contributed by atoms with Crippen LogP contribution in [0.2, 0.25) is 5.02 Å². The molecule has 2 aromatic carbocycles. The molecule has 1 unspecified atom stereocenters. The summed E-state index contributed by atoms with van der Waals surface area (Å²) < 4.78 is 33.0. The highest BCUT2D eigenvalue weighted by Gasteiger charge is 2.26. The fraction of sp³-hybridized carbons (Fsp3) is 0.200. The lowest BCUT2D eigenvalue weighted by atomic mass is 10.00. The molecule has 0 radical (unpaired) electrons. The molecule has 1 atom stereocenters. The van der Waals surface area contributed by atoms with Gasteiger partial charge in [-0.2, -0.15) is 0 Å². The molecule has 2 nitrogen and oxygen atoms in total. The van der Waals surface area contributed by atoms with E-state index in [0.717, 1.165) is 23.8 Å². The molecule has 0 amide bonds. The van der Waals surface area contributed by atoms with E-state index >= 15 is 0 Å². The molecule has 3 rings (SSSR count). The Labute approximate surface area is 120 Å². The van der Waals surface area contributed by atoms with Crippen LogP contribution in [0.3, 0.4) is 0 Å². The van der Waals surface area contributed by atoms with Gasteiger partial charge in [0, 0.05) is 29.1 Å². The summed E-state index contributed by atoms with van der Waals surface area (Å²) in [4.78, 5) is 0. The molecule has 0 fully saturated rings. The van der Waals surface area contributed by atoms with Crippen molar-refractivity contribution in [1.29, 1.82) is 0 Å². The molecule has 2 N–H and O–H groups in total. The third kappa shape index (κ3) is 2.25. The van der Waals surface area contributed by atoms with E-state index in [-0.39, 0.29) is 11.7 Å². The molecule has 20 heavy (non-hydrogen) atoms. The van der Waals surface area contributed by atoms with E-state index < -0.39 is 11.6 Å². The van der Waals surface area contributed by atoms with Crippen molar-refractivity contribution < 1.29 is 13.5 Å². The second kappa shape index (κ2) is 5.04. The van der Waals surface area contributed by atoms with Gasteiger partial charge in [0.1, 0.15) is 23.5 Å². The Kier molecular flexibility index (Phi) is 3.36. The lowest BCUT2D eigenvalue weighted by Gasteiger charge is -2.12. The summed E-state index contributed by atoms with van der Waals surface area (Å²) in [6, 6.07) is 6.66. The normalized spacial score (nSPS) is 16.9. The van der Waals surface area contributed by atoms with Gasteiger partial charge in [0.25, 0.3) is 0 Å². The van der Waals surface area contributed by atoms with Crippen molar-refractivity contribution in [3.8, 4) is 16.9 Å². The SMILES string of the molecule is NCC1Cc2cc(Cl)cc(-c3cc(F)ccc3F)c2O1. The maximum Gasteiger partial charge on any atom is 0.131 e. The molecule has 1 aliphatic rings. The molecule has 1 aliphatic heterocycles. The summed E-state index contributed by atoms with van der Waals surface area (Å²) >= 11 is 6.06. The third-order valence-corrected chi connectivity index (χ3v) is 3.56. The predicted molar refractivity (Wildman–Crippen MR) is 74.0 cm³/mol. The molecule has 5 heteroatoms. The number of halogens is 3. The van der Waals surface area contributed by atoms with Crippen LogP contribution in [0.25, 0.3) is 11.1 Å². The molecule has 104 valence electrons. The largest absolute Gasteiger partial charge is 0.488 e. The van der Waals surface area contributed by atoms with Gasteiger partial charge in [-0.1, -0.05) is 11.6 Å². The van der Waals surface area contributed by atoms with Crippen molar-refractivity contribution in [3.63, 3.8) is 0 Å². The summed E-state index contributed by atoms with van der Waals surface area (Å²) in [5.41, 5.74) is 7.07. The van der Waals surface area contributed by atoms with Gasteiger partial charge in [0.15, 0.2) is 0 Å². The molecular formula is C15H12ClF2NO. The highest BCUT2D eigenvalue weighted by Crippen LogP contribution is 2.41. The van der Waals surface area contributed by atoms with E-state index in [9.17, 15) is 8.78 Å². The van der Waals surface area contributed by atoms with Gasteiger partial charge in [0.05, 0.1) is 0 Å². The molecule has 1 heterocycles. The molecule has 0 aliphatic carbocycles. The van der Waals surface area contributed by atoms with Crippen LogP contribution >= 0.6 is 11.6 Å². The first-order chi connectivity index (χ1) is 9.58. The molecule has 0 saturated carbocycles. The lowest BCUT2D eigenvalue weighted by molar-refractivity contribution is 0.242. The minimum absolute atomic E-state index is 0.140. The maximum atomic E-state index is 13.9. The smallest absolute Gasteiger partial charge is 0.131 e. The number of fused-ring (bicyclic) bond motifs is 1.